The topological polar surface area (TPSA) is 103 Å². The zero-order valence-electron chi connectivity index (χ0n) is 14.7. The summed E-state index contributed by atoms with van der Waals surface area (Å²) in [7, 11) is -4.04. The van der Waals surface area contributed by atoms with Crippen LogP contribution in [0.25, 0.3) is 11.3 Å². The molecule has 10 heteroatoms. The summed E-state index contributed by atoms with van der Waals surface area (Å²) in [4.78, 5) is 19.3. The number of aromatic nitrogens is 2. The number of primary amides is 1. The number of benzene rings is 2. The van der Waals surface area contributed by atoms with Crippen LogP contribution in [0.3, 0.4) is 0 Å². The van der Waals surface area contributed by atoms with Gasteiger partial charge in [-0.25, -0.2) is 18.4 Å². The lowest BCUT2D eigenvalue weighted by molar-refractivity contribution is -0.137. The number of carbonyl (C=O) groups excluding carboxylic acids is 1. The van der Waals surface area contributed by atoms with Crippen LogP contribution in [0.2, 0.25) is 0 Å². The average molecular weight is 421 g/mol. The van der Waals surface area contributed by atoms with E-state index in [4.69, 9.17) is 5.73 Å². The second-order valence-electron chi connectivity index (χ2n) is 6.11. The Balaban J connectivity index is 2.06. The van der Waals surface area contributed by atoms with Crippen LogP contribution in [0.5, 0.6) is 0 Å². The highest BCUT2D eigenvalue weighted by atomic mass is 32.2. The van der Waals surface area contributed by atoms with Crippen LogP contribution in [0, 0.1) is 0 Å². The molecular formula is C19H14F3N3O3S. The molecule has 0 fully saturated rings. The number of rotatable bonds is 5. The Labute approximate surface area is 164 Å². The third kappa shape index (κ3) is 4.77. The zero-order valence-corrected chi connectivity index (χ0v) is 15.5. The highest BCUT2D eigenvalue weighted by Crippen LogP contribution is 2.31. The van der Waals surface area contributed by atoms with Crippen molar-refractivity contribution in [2.24, 2.45) is 5.73 Å². The molecule has 1 amide bonds. The minimum absolute atomic E-state index is 0.0332. The molecule has 3 aromatic rings. The first kappa shape index (κ1) is 20.5. The maximum atomic E-state index is 12.8. The maximum absolute atomic E-state index is 12.8. The van der Waals surface area contributed by atoms with E-state index in [2.05, 4.69) is 9.97 Å². The van der Waals surface area contributed by atoms with Gasteiger partial charge in [0.25, 0.3) is 5.91 Å². The first-order valence-electron chi connectivity index (χ1n) is 8.19. The van der Waals surface area contributed by atoms with E-state index in [1.807, 2.05) is 0 Å². The molecule has 0 aliphatic rings. The van der Waals surface area contributed by atoms with Crippen molar-refractivity contribution in [3.63, 3.8) is 0 Å². The van der Waals surface area contributed by atoms with Crippen molar-refractivity contribution in [1.82, 2.24) is 9.97 Å². The number of hydrogen-bond acceptors (Lipinski definition) is 5. The summed E-state index contributed by atoms with van der Waals surface area (Å²) in [5.41, 5.74) is 4.63. The van der Waals surface area contributed by atoms with Crippen molar-refractivity contribution in [3.05, 3.63) is 77.5 Å². The van der Waals surface area contributed by atoms with Gasteiger partial charge in [0.05, 0.1) is 17.0 Å². The Morgan fingerprint density at radius 2 is 1.59 bits per heavy atom. The van der Waals surface area contributed by atoms with Crippen LogP contribution in [-0.4, -0.2) is 24.3 Å². The first-order valence-corrected chi connectivity index (χ1v) is 9.85. The summed E-state index contributed by atoms with van der Waals surface area (Å²) in [6.07, 6.45) is -4.52. The lowest BCUT2D eigenvalue weighted by atomic mass is 10.1. The first-order chi connectivity index (χ1) is 13.6. The molecule has 0 saturated heterocycles. The van der Waals surface area contributed by atoms with Gasteiger partial charge in [-0.2, -0.15) is 13.2 Å². The van der Waals surface area contributed by atoms with Crippen molar-refractivity contribution < 1.29 is 26.4 Å². The van der Waals surface area contributed by atoms with E-state index >= 15 is 0 Å². The van der Waals surface area contributed by atoms with Crippen LogP contribution in [-0.2, 0) is 21.8 Å². The van der Waals surface area contributed by atoms with E-state index in [0.29, 0.717) is 5.56 Å². The van der Waals surface area contributed by atoms with Gasteiger partial charge in [-0.1, -0.05) is 42.5 Å². The van der Waals surface area contributed by atoms with Gasteiger partial charge in [-0.15, -0.1) is 0 Å². The van der Waals surface area contributed by atoms with Gasteiger partial charge in [0.2, 0.25) is 15.0 Å². The predicted molar refractivity (Wildman–Crippen MR) is 98.3 cm³/mol. The molecule has 0 atom stereocenters. The Bertz CT molecular complexity index is 1150. The van der Waals surface area contributed by atoms with Gasteiger partial charge in [-0.3, -0.25) is 4.79 Å². The monoisotopic (exact) mass is 421 g/mol. The summed E-state index contributed by atoms with van der Waals surface area (Å²) in [6, 6.07) is 13.3. The fourth-order valence-electron chi connectivity index (χ4n) is 2.53. The highest BCUT2D eigenvalue weighted by Gasteiger charge is 2.30. The van der Waals surface area contributed by atoms with Crippen molar-refractivity contribution in [1.29, 1.82) is 0 Å². The molecular weight excluding hydrogens is 407 g/mol. The van der Waals surface area contributed by atoms with Gasteiger partial charge < -0.3 is 5.73 Å². The second kappa shape index (κ2) is 7.63. The Morgan fingerprint density at radius 3 is 2.14 bits per heavy atom. The van der Waals surface area contributed by atoms with Crippen LogP contribution < -0.4 is 5.73 Å². The van der Waals surface area contributed by atoms with Gasteiger partial charge >= 0.3 is 6.18 Å². The zero-order chi connectivity index (χ0) is 21.2. The summed E-state index contributed by atoms with van der Waals surface area (Å²) >= 11 is 0. The molecule has 2 N–H and O–H groups in total. The van der Waals surface area contributed by atoms with Gasteiger partial charge in [0, 0.05) is 5.56 Å². The van der Waals surface area contributed by atoms with E-state index in [9.17, 15) is 26.4 Å². The van der Waals surface area contributed by atoms with Crippen LogP contribution in [0.15, 0.2) is 65.8 Å². The van der Waals surface area contributed by atoms with Crippen molar-refractivity contribution in [2.45, 2.75) is 17.1 Å². The second-order valence-corrected chi connectivity index (χ2v) is 7.99. The SMILES string of the molecule is NC(=O)c1cc(-c2ccc(C(F)(F)F)cc2)nc(S(=O)(=O)Cc2ccccc2)n1. The van der Waals surface area contributed by atoms with E-state index < -0.39 is 38.4 Å². The smallest absolute Gasteiger partial charge is 0.364 e. The van der Waals surface area contributed by atoms with E-state index in [1.165, 1.54) is 0 Å². The molecule has 0 unspecified atom stereocenters. The van der Waals surface area contributed by atoms with E-state index in [1.54, 1.807) is 30.3 Å². The molecule has 150 valence electrons. The molecule has 2 aromatic carbocycles. The van der Waals surface area contributed by atoms with Gasteiger partial charge in [0.15, 0.2) is 0 Å². The predicted octanol–water partition coefficient (Wildman–Crippen LogP) is 3.24. The summed E-state index contributed by atoms with van der Waals surface area (Å²) < 4.78 is 63.7. The van der Waals surface area contributed by atoms with E-state index in [-0.39, 0.29) is 17.0 Å². The minimum Gasteiger partial charge on any atom is -0.364 e. The number of alkyl halides is 3. The molecule has 29 heavy (non-hydrogen) atoms. The third-order valence-electron chi connectivity index (χ3n) is 3.94. The highest BCUT2D eigenvalue weighted by molar-refractivity contribution is 7.90. The van der Waals surface area contributed by atoms with Gasteiger partial charge in [-0.05, 0) is 23.8 Å². The Hall–Kier alpha value is -3.27. The standard InChI is InChI=1S/C19H14F3N3O3S/c20-19(21,22)14-8-6-13(7-9-14)15-10-16(17(23)26)25-18(24-15)29(27,28)11-12-4-2-1-3-5-12/h1-10H,11H2,(H2,23,26). The fraction of sp³-hybridized carbons (Fsp3) is 0.105. The molecule has 0 saturated carbocycles. The molecule has 6 nitrogen and oxygen atoms in total. The number of amides is 1. The normalized spacial score (nSPS) is 12.0. The largest absolute Gasteiger partial charge is 0.416 e. The number of nitrogens with two attached hydrogens (primary N) is 1. The molecule has 1 aromatic heterocycles. The van der Waals surface area contributed by atoms with Crippen molar-refractivity contribution >= 4 is 15.7 Å². The molecule has 1 heterocycles. The Morgan fingerprint density at radius 1 is 0.966 bits per heavy atom. The lowest BCUT2D eigenvalue weighted by Gasteiger charge is -2.10. The van der Waals surface area contributed by atoms with Crippen LogP contribution >= 0.6 is 0 Å². The summed E-state index contributed by atoms with van der Waals surface area (Å²) in [5, 5.41) is -0.632. The molecule has 0 bridgehead atoms. The Kier molecular flexibility index (Phi) is 5.38. The number of carbonyl (C=O) groups is 1. The number of halogens is 3. The molecule has 0 spiro atoms. The fourth-order valence-corrected chi connectivity index (χ4v) is 3.76. The van der Waals surface area contributed by atoms with Crippen molar-refractivity contribution in [3.8, 4) is 11.3 Å². The molecule has 3 rings (SSSR count). The van der Waals surface area contributed by atoms with E-state index in [0.717, 1.165) is 30.3 Å². The number of hydrogen-bond donors (Lipinski definition) is 1. The third-order valence-corrected chi connectivity index (χ3v) is 5.40. The molecule has 0 radical (unpaired) electrons. The molecule has 0 aliphatic carbocycles. The lowest BCUT2D eigenvalue weighted by Crippen LogP contribution is -2.18. The quantitative estimate of drug-likeness (QED) is 0.637. The van der Waals surface area contributed by atoms with Crippen molar-refractivity contribution in [2.75, 3.05) is 0 Å². The maximum Gasteiger partial charge on any atom is 0.416 e. The average Bonchev–Trinajstić information content (AvgIpc) is 2.67. The summed E-state index contributed by atoms with van der Waals surface area (Å²) in [6.45, 7) is 0. The summed E-state index contributed by atoms with van der Waals surface area (Å²) in [5.74, 6) is -1.40. The number of sulfone groups is 1. The van der Waals surface area contributed by atoms with Crippen LogP contribution in [0.4, 0.5) is 13.2 Å². The van der Waals surface area contributed by atoms with Crippen LogP contribution in [0.1, 0.15) is 21.6 Å². The number of nitrogens with zero attached hydrogens (tertiary/aromatic N) is 2. The minimum atomic E-state index is -4.52. The molecule has 0 aliphatic heterocycles. The van der Waals surface area contributed by atoms with Gasteiger partial charge in [0.1, 0.15) is 5.69 Å².